The highest BCUT2D eigenvalue weighted by Crippen LogP contribution is 2.33. The van der Waals surface area contributed by atoms with Gasteiger partial charge in [-0.05, 0) is 42.8 Å². The first-order valence-electron chi connectivity index (χ1n) is 4.79. The van der Waals surface area contributed by atoms with Gasteiger partial charge < -0.3 is 5.11 Å². The Labute approximate surface area is 84.0 Å². The van der Waals surface area contributed by atoms with Crippen molar-refractivity contribution in [2.24, 2.45) is 0 Å². The third-order valence-corrected chi connectivity index (χ3v) is 2.74. The number of phenolic OH excluding ortho intramolecular Hbond substituents is 1. The minimum atomic E-state index is 0.420. The summed E-state index contributed by atoms with van der Waals surface area (Å²) in [7, 11) is 0. The van der Waals surface area contributed by atoms with Crippen molar-refractivity contribution >= 4 is 10.8 Å². The summed E-state index contributed by atoms with van der Waals surface area (Å²) >= 11 is 0. The Morgan fingerprint density at radius 1 is 0.929 bits per heavy atom. The third kappa shape index (κ3) is 1.17. The maximum absolute atomic E-state index is 9.96. The van der Waals surface area contributed by atoms with Crippen LogP contribution in [0.5, 0.6) is 5.75 Å². The molecule has 0 unspecified atom stereocenters. The molecule has 0 saturated heterocycles. The lowest BCUT2D eigenvalue weighted by molar-refractivity contribution is 0.477. The van der Waals surface area contributed by atoms with Gasteiger partial charge in [-0.3, -0.25) is 0 Å². The highest BCUT2D eigenvalue weighted by atomic mass is 16.3. The molecule has 0 heterocycles. The molecule has 2 rings (SSSR count). The second kappa shape index (κ2) is 3.02. The molecule has 0 fully saturated rings. The molecule has 14 heavy (non-hydrogen) atoms. The van der Waals surface area contributed by atoms with Crippen LogP contribution in [0.25, 0.3) is 10.8 Å². The van der Waals surface area contributed by atoms with Crippen molar-refractivity contribution in [3.8, 4) is 5.75 Å². The van der Waals surface area contributed by atoms with E-state index in [0.29, 0.717) is 5.75 Å². The molecule has 0 spiro atoms. The molecule has 0 atom stereocenters. The minimum absolute atomic E-state index is 0.420. The lowest BCUT2D eigenvalue weighted by Crippen LogP contribution is -1.86. The summed E-state index contributed by atoms with van der Waals surface area (Å²) in [5, 5.41) is 12.1. The summed E-state index contributed by atoms with van der Waals surface area (Å²) in [4.78, 5) is 0. The zero-order valence-electron chi connectivity index (χ0n) is 8.76. The van der Waals surface area contributed by atoms with E-state index in [1.165, 1.54) is 5.56 Å². The second-order valence-corrected chi connectivity index (χ2v) is 3.86. The lowest BCUT2D eigenvalue weighted by atomic mass is 9.98. The molecule has 1 N–H and O–H groups in total. The van der Waals surface area contributed by atoms with Crippen molar-refractivity contribution in [2.75, 3.05) is 0 Å². The Bertz CT molecular complexity index is 498. The van der Waals surface area contributed by atoms with Gasteiger partial charge in [-0.25, -0.2) is 0 Å². The molecule has 0 bridgehead atoms. The first-order valence-corrected chi connectivity index (χ1v) is 4.79. The fourth-order valence-corrected chi connectivity index (χ4v) is 1.98. The number of hydrogen-bond acceptors (Lipinski definition) is 1. The van der Waals surface area contributed by atoms with Gasteiger partial charge in [0.25, 0.3) is 0 Å². The smallest absolute Gasteiger partial charge is 0.126 e. The van der Waals surface area contributed by atoms with Gasteiger partial charge in [0.15, 0.2) is 0 Å². The number of rotatable bonds is 0. The highest BCUT2D eigenvalue weighted by Gasteiger charge is 2.07. The van der Waals surface area contributed by atoms with Crippen molar-refractivity contribution in [1.82, 2.24) is 0 Å². The van der Waals surface area contributed by atoms with E-state index in [-0.39, 0.29) is 0 Å². The Balaban J connectivity index is 3.03. The number of aromatic hydroxyl groups is 1. The normalized spacial score (nSPS) is 10.8. The molecule has 0 saturated carbocycles. The van der Waals surface area contributed by atoms with E-state index in [0.717, 1.165) is 21.9 Å². The van der Waals surface area contributed by atoms with Gasteiger partial charge in [0.1, 0.15) is 5.75 Å². The Morgan fingerprint density at radius 2 is 1.64 bits per heavy atom. The molecule has 0 aliphatic heterocycles. The summed E-state index contributed by atoms with van der Waals surface area (Å²) < 4.78 is 0. The molecule has 2 aromatic carbocycles. The first kappa shape index (κ1) is 9.07. The van der Waals surface area contributed by atoms with Gasteiger partial charge >= 0.3 is 0 Å². The topological polar surface area (TPSA) is 20.2 Å². The summed E-state index contributed by atoms with van der Waals surface area (Å²) in [5.74, 6) is 0.420. The van der Waals surface area contributed by atoms with Gasteiger partial charge in [0.2, 0.25) is 0 Å². The fraction of sp³-hybridized carbons (Fsp3) is 0.231. The predicted octanol–water partition coefficient (Wildman–Crippen LogP) is 3.47. The van der Waals surface area contributed by atoms with E-state index < -0.39 is 0 Å². The molecule has 72 valence electrons. The zero-order valence-corrected chi connectivity index (χ0v) is 8.76. The molecule has 1 nitrogen and oxygen atoms in total. The van der Waals surface area contributed by atoms with Gasteiger partial charge in [-0.15, -0.1) is 0 Å². The van der Waals surface area contributed by atoms with E-state index in [1.54, 1.807) is 0 Å². The van der Waals surface area contributed by atoms with Crippen LogP contribution in [0, 0.1) is 20.8 Å². The Hall–Kier alpha value is -1.50. The van der Waals surface area contributed by atoms with Crippen LogP contribution in [0.1, 0.15) is 16.7 Å². The van der Waals surface area contributed by atoms with Crippen LogP contribution in [0.15, 0.2) is 24.3 Å². The van der Waals surface area contributed by atoms with Crippen LogP contribution in [0.4, 0.5) is 0 Å². The van der Waals surface area contributed by atoms with Crippen molar-refractivity contribution in [3.63, 3.8) is 0 Å². The van der Waals surface area contributed by atoms with Gasteiger partial charge in [-0.2, -0.15) is 0 Å². The van der Waals surface area contributed by atoms with Crippen LogP contribution in [-0.2, 0) is 0 Å². The minimum Gasteiger partial charge on any atom is -0.507 e. The van der Waals surface area contributed by atoms with Crippen LogP contribution in [-0.4, -0.2) is 5.11 Å². The van der Waals surface area contributed by atoms with Crippen LogP contribution < -0.4 is 0 Å². The monoisotopic (exact) mass is 186 g/mol. The van der Waals surface area contributed by atoms with E-state index in [4.69, 9.17) is 0 Å². The van der Waals surface area contributed by atoms with E-state index in [1.807, 2.05) is 32.0 Å². The Kier molecular flexibility index (Phi) is 1.95. The molecule has 1 heteroatoms. The molecule has 0 aromatic heterocycles. The standard InChI is InChI=1S/C13H14O/c1-8-5-4-6-11-9(2)7-10(3)13(14)12(8)11/h4-7,14H,1-3H3. The van der Waals surface area contributed by atoms with Crippen LogP contribution >= 0.6 is 0 Å². The van der Waals surface area contributed by atoms with Gasteiger partial charge in [0, 0.05) is 5.39 Å². The number of hydrogen-bond donors (Lipinski definition) is 1. The average Bonchev–Trinajstić information content (AvgIpc) is 2.14. The molecular weight excluding hydrogens is 172 g/mol. The molecule has 0 amide bonds. The lowest BCUT2D eigenvalue weighted by Gasteiger charge is -2.09. The first-order chi connectivity index (χ1) is 6.61. The summed E-state index contributed by atoms with van der Waals surface area (Å²) in [6, 6.07) is 8.13. The van der Waals surface area contributed by atoms with Crippen molar-refractivity contribution in [2.45, 2.75) is 20.8 Å². The van der Waals surface area contributed by atoms with Crippen LogP contribution in [0.3, 0.4) is 0 Å². The van der Waals surface area contributed by atoms with Crippen molar-refractivity contribution < 1.29 is 5.11 Å². The summed E-state index contributed by atoms with van der Waals surface area (Å²) in [5.41, 5.74) is 3.30. The zero-order chi connectivity index (χ0) is 10.3. The maximum Gasteiger partial charge on any atom is 0.126 e. The SMILES string of the molecule is Cc1cc(C)c2cccc(C)c2c1O. The number of benzene rings is 2. The molecule has 0 aliphatic carbocycles. The summed E-state index contributed by atoms with van der Waals surface area (Å²) in [6.45, 7) is 6.04. The van der Waals surface area contributed by atoms with Gasteiger partial charge in [-0.1, -0.05) is 24.3 Å². The van der Waals surface area contributed by atoms with E-state index >= 15 is 0 Å². The largest absolute Gasteiger partial charge is 0.507 e. The van der Waals surface area contributed by atoms with Crippen molar-refractivity contribution in [1.29, 1.82) is 0 Å². The number of phenols is 1. The Morgan fingerprint density at radius 3 is 2.36 bits per heavy atom. The molecular formula is C13H14O. The van der Waals surface area contributed by atoms with E-state index in [9.17, 15) is 5.11 Å². The molecule has 0 radical (unpaired) electrons. The molecule has 2 aromatic rings. The predicted molar refractivity (Wildman–Crippen MR) is 59.8 cm³/mol. The van der Waals surface area contributed by atoms with Gasteiger partial charge in [0.05, 0.1) is 0 Å². The number of aryl methyl sites for hydroxylation is 3. The highest BCUT2D eigenvalue weighted by molar-refractivity contribution is 5.94. The van der Waals surface area contributed by atoms with Crippen molar-refractivity contribution in [3.05, 3.63) is 41.0 Å². The average molecular weight is 186 g/mol. The summed E-state index contributed by atoms with van der Waals surface area (Å²) in [6.07, 6.45) is 0. The quantitative estimate of drug-likeness (QED) is 0.668. The molecule has 0 aliphatic rings. The number of fused-ring (bicyclic) bond motifs is 1. The fourth-order valence-electron chi connectivity index (χ4n) is 1.98. The van der Waals surface area contributed by atoms with E-state index in [2.05, 4.69) is 13.0 Å². The van der Waals surface area contributed by atoms with Crippen LogP contribution in [0.2, 0.25) is 0 Å². The maximum atomic E-state index is 9.96. The third-order valence-electron chi connectivity index (χ3n) is 2.74. The second-order valence-electron chi connectivity index (χ2n) is 3.86.